The highest BCUT2D eigenvalue weighted by Crippen LogP contribution is 2.29. The van der Waals surface area contributed by atoms with E-state index >= 15 is 0 Å². The Labute approximate surface area is 152 Å². The molecule has 1 N–H and O–H groups in total. The van der Waals surface area contributed by atoms with Crippen LogP contribution in [0.15, 0.2) is 29.2 Å². The lowest BCUT2D eigenvalue weighted by Gasteiger charge is -2.36. The second-order valence-corrected chi connectivity index (χ2v) is 9.19. The normalized spacial score (nSPS) is 21.2. The Morgan fingerprint density at radius 1 is 1.12 bits per heavy atom. The van der Waals surface area contributed by atoms with Gasteiger partial charge in [-0.15, -0.1) is 12.4 Å². The number of nitrogens with one attached hydrogen (secondary N) is 1. The average molecular weight is 373 g/mol. The van der Waals surface area contributed by atoms with Gasteiger partial charge in [-0.3, -0.25) is 4.90 Å². The van der Waals surface area contributed by atoms with Crippen LogP contribution in [0.4, 0.5) is 0 Å². The van der Waals surface area contributed by atoms with Crippen LogP contribution in [0.5, 0.6) is 0 Å². The largest absolute Gasteiger partial charge is 0.314 e. The molecule has 136 valence electrons. The van der Waals surface area contributed by atoms with Crippen molar-refractivity contribution in [3.63, 3.8) is 0 Å². The molecular weight excluding hydrogens is 344 g/mol. The first-order valence-corrected chi connectivity index (χ1v) is 10.6. The van der Waals surface area contributed by atoms with E-state index in [-0.39, 0.29) is 12.4 Å². The van der Waals surface area contributed by atoms with Gasteiger partial charge in [0.15, 0.2) is 9.84 Å². The quantitative estimate of drug-likeness (QED) is 0.833. The fourth-order valence-electron chi connectivity index (χ4n) is 3.35. The number of benzene rings is 1. The summed E-state index contributed by atoms with van der Waals surface area (Å²) < 4.78 is 23.1. The number of piperidine rings is 1. The third-order valence-electron chi connectivity index (χ3n) is 5.26. The highest BCUT2D eigenvalue weighted by atomic mass is 35.5. The fraction of sp³-hybridized carbons (Fsp3) is 0.667. The topological polar surface area (TPSA) is 49.4 Å². The predicted octanol–water partition coefficient (Wildman–Crippen LogP) is 3.04. The summed E-state index contributed by atoms with van der Waals surface area (Å²) in [5.41, 5.74) is 1.20. The van der Waals surface area contributed by atoms with Gasteiger partial charge in [-0.25, -0.2) is 8.42 Å². The van der Waals surface area contributed by atoms with Crippen molar-refractivity contribution in [1.29, 1.82) is 0 Å². The molecule has 6 heteroatoms. The SMILES string of the molecule is CC(c1ccc(S(C)(=O)=O)cc1)N1CCC(NCC2CC2)CC1.Cl. The highest BCUT2D eigenvalue weighted by molar-refractivity contribution is 7.90. The van der Waals surface area contributed by atoms with E-state index in [1.807, 2.05) is 12.1 Å². The number of hydrogen-bond donors (Lipinski definition) is 1. The summed E-state index contributed by atoms with van der Waals surface area (Å²) in [7, 11) is -3.11. The summed E-state index contributed by atoms with van der Waals surface area (Å²) in [5.74, 6) is 0.945. The van der Waals surface area contributed by atoms with Gasteiger partial charge in [0, 0.05) is 31.4 Å². The summed E-state index contributed by atoms with van der Waals surface area (Å²) in [4.78, 5) is 2.90. The molecule has 1 unspecified atom stereocenters. The number of rotatable bonds is 6. The number of likely N-dealkylation sites (tertiary alicyclic amines) is 1. The molecule has 0 aromatic heterocycles. The minimum absolute atomic E-state index is 0. The minimum atomic E-state index is -3.11. The van der Waals surface area contributed by atoms with Gasteiger partial charge in [-0.2, -0.15) is 0 Å². The van der Waals surface area contributed by atoms with Crippen LogP contribution < -0.4 is 5.32 Å². The number of halogens is 1. The van der Waals surface area contributed by atoms with Gasteiger partial charge in [0.2, 0.25) is 0 Å². The van der Waals surface area contributed by atoms with E-state index in [9.17, 15) is 8.42 Å². The lowest BCUT2D eigenvalue weighted by Crippen LogP contribution is -2.43. The van der Waals surface area contributed by atoms with Crippen LogP contribution >= 0.6 is 12.4 Å². The van der Waals surface area contributed by atoms with Crippen molar-refractivity contribution in [3.05, 3.63) is 29.8 Å². The predicted molar refractivity (Wildman–Crippen MR) is 101 cm³/mol. The maximum Gasteiger partial charge on any atom is 0.175 e. The Morgan fingerprint density at radius 3 is 2.21 bits per heavy atom. The molecule has 1 aromatic rings. The van der Waals surface area contributed by atoms with E-state index in [2.05, 4.69) is 17.1 Å². The van der Waals surface area contributed by atoms with Gasteiger partial charge in [0.1, 0.15) is 0 Å². The van der Waals surface area contributed by atoms with Crippen LogP contribution in [-0.2, 0) is 9.84 Å². The van der Waals surface area contributed by atoms with Crippen molar-refractivity contribution >= 4 is 22.2 Å². The van der Waals surface area contributed by atoms with Crippen LogP contribution in [0.25, 0.3) is 0 Å². The molecule has 1 aliphatic carbocycles. The van der Waals surface area contributed by atoms with Gasteiger partial charge >= 0.3 is 0 Å². The molecule has 1 heterocycles. The van der Waals surface area contributed by atoms with Crippen LogP contribution in [0.3, 0.4) is 0 Å². The van der Waals surface area contributed by atoms with Gasteiger partial charge in [0.05, 0.1) is 4.90 Å². The zero-order valence-electron chi connectivity index (χ0n) is 14.6. The summed E-state index contributed by atoms with van der Waals surface area (Å²) in [6, 6.07) is 8.38. The molecule has 1 atom stereocenters. The van der Waals surface area contributed by atoms with E-state index in [0.29, 0.717) is 17.0 Å². The maximum atomic E-state index is 11.5. The Hall–Kier alpha value is -0.620. The summed E-state index contributed by atoms with van der Waals surface area (Å²) in [5, 5.41) is 3.71. The summed E-state index contributed by atoms with van der Waals surface area (Å²) in [6.45, 7) is 5.63. The van der Waals surface area contributed by atoms with Gasteiger partial charge < -0.3 is 5.32 Å². The molecule has 2 fully saturated rings. The molecule has 1 aliphatic heterocycles. The molecule has 0 radical (unpaired) electrons. The van der Waals surface area contributed by atoms with Gasteiger partial charge in [0.25, 0.3) is 0 Å². The first-order valence-electron chi connectivity index (χ1n) is 8.71. The Bertz CT molecular complexity index is 621. The number of sulfone groups is 1. The third-order valence-corrected chi connectivity index (χ3v) is 6.39. The third kappa shape index (κ3) is 5.19. The van der Waals surface area contributed by atoms with Crippen LogP contribution in [0.2, 0.25) is 0 Å². The van der Waals surface area contributed by atoms with Crippen LogP contribution in [0, 0.1) is 5.92 Å². The van der Waals surface area contributed by atoms with Crippen LogP contribution in [0.1, 0.15) is 44.2 Å². The standard InChI is InChI=1S/C18H28N2O2S.ClH/c1-14(16-5-7-18(8-6-16)23(2,21)22)20-11-9-17(10-12-20)19-13-15-3-4-15;/h5-8,14-15,17,19H,3-4,9-13H2,1-2H3;1H. The molecule has 0 bridgehead atoms. The first-order chi connectivity index (χ1) is 10.9. The van der Waals surface area contributed by atoms with Crippen molar-refractivity contribution < 1.29 is 8.42 Å². The number of hydrogen-bond acceptors (Lipinski definition) is 4. The Balaban J connectivity index is 0.00000208. The average Bonchev–Trinajstić information content (AvgIpc) is 3.36. The summed E-state index contributed by atoms with van der Waals surface area (Å²) >= 11 is 0. The van der Waals surface area contributed by atoms with Crippen molar-refractivity contribution in [1.82, 2.24) is 10.2 Å². The minimum Gasteiger partial charge on any atom is -0.314 e. The van der Waals surface area contributed by atoms with Crippen molar-refractivity contribution in [2.45, 2.75) is 49.6 Å². The second-order valence-electron chi connectivity index (χ2n) is 7.18. The van der Waals surface area contributed by atoms with E-state index in [0.717, 1.165) is 19.0 Å². The van der Waals surface area contributed by atoms with E-state index in [1.165, 1.54) is 44.0 Å². The van der Waals surface area contributed by atoms with Gasteiger partial charge in [-0.05, 0) is 62.8 Å². The molecule has 2 aliphatic rings. The first kappa shape index (κ1) is 19.7. The molecular formula is C18H29ClN2O2S. The highest BCUT2D eigenvalue weighted by Gasteiger charge is 2.26. The van der Waals surface area contributed by atoms with Crippen molar-refractivity contribution in [2.75, 3.05) is 25.9 Å². The van der Waals surface area contributed by atoms with Crippen molar-refractivity contribution in [2.24, 2.45) is 5.92 Å². The molecule has 0 amide bonds. The zero-order valence-corrected chi connectivity index (χ0v) is 16.2. The monoisotopic (exact) mass is 372 g/mol. The fourth-order valence-corrected chi connectivity index (χ4v) is 3.98. The number of nitrogens with zero attached hydrogens (tertiary/aromatic N) is 1. The van der Waals surface area contributed by atoms with E-state index < -0.39 is 9.84 Å². The lowest BCUT2D eigenvalue weighted by atomic mass is 10.00. The molecule has 1 saturated heterocycles. The molecule has 0 spiro atoms. The van der Waals surface area contributed by atoms with Crippen LogP contribution in [-0.4, -0.2) is 45.2 Å². The second kappa shape index (κ2) is 8.17. The van der Waals surface area contributed by atoms with E-state index in [1.54, 1.807) is 12.1 Å². The maximum absolute atomic E-state index is 11.5. The smallest absolute Gasteiger partial charge is 0.175 e. The zero-order chi connectivity index (χ0) is 16.4. The Kier molecular flexibility index (Phi) is 6.71. The molecule has 4 nitrogen and oxygen atoms in total. The molecule has 3 rings (SSSR count). The van der Waals surface area contributed by atoms with E-state index in [4.69, 9.17) is 0 Å². The lowest BCUT2D eigenvalue weighted by molar-refractivity contribution is 0.152. The molecule has 24 heavy (non-hydrogen) atoms. The van der Waals surface area contributed by atoms with Gasteiger partial charge in [-0.1, -0.05) is 12.1 Å². The molecule has 1 saturated carbocycles. The molecule has 1 aromatic carbocycles. The summed E-state index contributed by atoms with van der Waals surface area (Å²) in [6.07, 6.45) is 6.49. The van der Waals surface area contributed by atoms with Crippen molar-refractivity contribution in [3.8, 4) is 0 Å². The Morgan fingerprint density at radius 2 is 1.71 bits per heavy atom.